The third kappa shape index (κ3) is 3.54. The smallest absolute Gasteiger partial charge is 0.127 e. The lowest BCUT2D eigenvalue weighted by Crippen LogP contribution is -2.19. The molecular formula is C16H17F2NO. The highest BCUT2D eigenvalue weighted by Crippen LogP contribution is 2.19. The summed E-state index contributed by atoms with van der Waals surface area (Å²) in [5.74, 6) is -0.0675. The van der Waals surface area contributed by atoms with Gasteiger partial charge in [0.15, 0.2) is 0 Å². The first kappa shape index (κ1) is 14.5. The average Bonchev–Trinajstić information content (AvgIpc) is 2.48. The third-order valence-corrected chi connectivity index (χ3v) is 3.20. The van der Waals surface area contributed by atoms with Crippen LogP contribution in [0, 0.1) is 11.6 Å². The minimum atomic E-state index is -0.433. The van der Waals surface area contributed by atoms with Crippen LogP contribution in [0.15, 0.2) is 42.5 Å². The monoisotopic (exact) mass is 277 g/mol. The van der Waals surface area contributed by atoms with Crippen molar-refractivity contribution >= 4 is 0 Å². The number of rotatable bonds is 5. The zero-order valence-corrected chi connectivity index (χ0v) is 11.5. The van der Waals surface area contributed by atoms with Crippen LogP contribution in [0.2, 0.25) is 0 Å². The molecule has 0 saturated carbocycles. The maximum Gasteiger partial charge on any atom is 0.127 e. The summed E-state index contributed by atoms with van der Waals surface area (Å²) < 4.78 is 31.8. The summed E-state index contributed by atoms with van der Waals surface area (Å²) in [7, 11) is 1.61. The molecule has 0 radical (unpaired) electrons. The van der Waals surface area contributed by atoms with E-state index in [1.165, 1.54) is 6.07 Å². The molecule has 0 fully saturated rings. The maximum atomic E-state index is 13.5. The van der Waals surface area contributed by atoms with Crippen LogP contribution < -0.4 is 10.1 Å². The quantitative estimate of drug-likeness (QED) is 0.897. The summed E-state index contributed by atoms with van der Waals surface area (Å²) >= 11 is 0. The molecule has 0 aliphatic rings. The Labute approximate surface area is 117 Å². The topological polar surface area (TPSA) is 21.3 Å². The van der Waals surface area contributed by atoms with Crippen molar-refractivity contribution in [2.45, 2.75) is 19.5 Å². The van der Waals surface area contributed by atoms with Gasteiger partial charge in [0.25, 0.3) is 0 Å². The molecule has 0 bridgehead atoms. The Morgan fingerprint density at radius 1 is 1.15 bits per heavy atom. The van der Waals surface area contributed by atoms with Gasteiger partial charge in [-0.05, 0) is 42.8 Å². The fraction of sp³-hybridized carbons (Fsp3) is 0.250. The highest BCUT2D eigenvalue weighted by Gasteiger charge is 2.08. The number of hydrogen-bond acceptors (Lipinski definition) is 2. The van der Waals surface area contributed by atoms with Crippen molar-refractivity contribution in [1.82, 2.24) is 5.32 Å². The first-order chi connectivity index (χ1) is 9.60. The third-order valence-electron chi connectivity index (χ3n) is 3.20. The molecule has 2 aromatic carbocycles. The number of ether oxygens (including phenoxy) is 1. The van der Waals surface area contributed by atoms with Gasteiger partial charge in [0.2, 0.25) is 0 Å². The molecule has 0 aliphatic carbocycles. The van der Waals surface area contributed by atoms with Gasteiger partial charge >= 0.3 is 0 Å². The van der Waals surface area contributed by atoms with Crippen molar-refractivity contribution in [3.05, 3.63) is 65.2 Å². The van der Waals surface area contributed by atoms with Gasteiger partial charge in [-0.1, -0.05) is 12.1 Å². The lowest BCUT2D eigenvalue weighted by molar-refractivity contribution is 0.413. The molecule has 0 saturated heterocycles. The van der Waals surface area contributed by atoms with Gasteiger partial charge in [-0.25, -0.2) is 8.78 Å². The van der Waals surface area contributed by atoms with Gasteiger partial charge in [0, 0.05) is 18.2 Å². The Hall–Kier alpha value is -1.94. The van der Waals surface area contributed by atoms with Crippen LogP contribution in [0.4, 0.5) is 8.78 Å². The molecule has 0 heterocycles. The second kappa shape index (κ2) is 6.48. The number of halogens is 2. The van der Waals surface area contributed by atoms with E-state index in [-0.39, 0.29) is 12.6 Å². The zero-order chi connectivity index (χ0) is 14.5. The van der Waals surface area contributed by atoms with E-state index in [1.54, 1.807) is 7.11 Å². The van der Waals surface area contributed by atoms with Gasteiger partial charge < -0.3 is 10.1 Å². The number of nitrogens with one attached hydrogen (secondary N) is 1. The molecule has 2 rings (SSSR count). The minimum Gasteiger partial charge on any atom is -0.497 e. The van der Waals surface area contributed by atoms with Crippen molar-refractivity contribution in [3.63, 3.8) is 0 Å². The van der Waals surface area contributed by atoms with Crippen molar-refractivity contribution in [1.29, 1.82) is 0 Å². The van der Waals surface area contributed by atoms with E-state index in [9.17, 15) is 8.78 Å². The zero-order valence-electron chi connectivity index (χ0n) is 11.5. The lowest BCUT2D eigenvalue weighted by atomic mass is 10.1. The van der Waals surface area contributed by atoms with Crippen LogP contribution >= 0.6 is 0 Å². The van der Waals surface area contributed by atoms with Crippen LogP contribution in [-0.4, -0.2) is 7.11 Å². The van der Waals surface area contributed by atoms with Gasteiger partial charge in [-0.3, -0.25) is 0 Å². The molecule has 0 spiro atoms. The number of hydrogen-bond donors (Lipinski definition) is 1. The largest absolute Gasteiger partial charge is 0.497 e. The highest BCUT2D eigenvalue weighted by atomic mass is 19.1. The molecule has 1 N–H and O–H groups in total. The van der Waals surface area contributed by atoms with Gasteiger partial charge in [0.05, 0.1) is 7.11 Å². The Morgan fingerprint density at radius 3 is 2.70 bits per heavy atom. The molecule has 1 unspecified atom stereocenters. The van der Waals surface area contributed by atoms with E-state index in [1.807, 2.05) is 31.2 Å². The average molecular weight is 277 g/mol. The van der Waals surface area contributed by atoms with E-state index < -0.39 is 11.6 Å². The highest BCUT2D eigenvalue weighted by molar-refractivity contribution is 5.30. The first-order valence-corrected chi connectivity index (χ1v) is 6.41. The second-order valence-electron chi connectivity index (χ2n) is 4.61. The molecule has 4 heteroatoms. The van der Waals surface area contributed by atoms with Crippen LogP contribution in [-0.2, 0) is 6.54 Å². The SMILES string of the molecule is COc1cccc(C(C)NCc2cc(F)ccc2F)c1. The summed E-state index contributed by atoms with van der Waals surface area (Å²) in [6.45, 7) is 2.23. The molecular weight excluding hydrogens is 260 g/mol. The second-order valence-corrected chi connectivity index (χ2v) is 4.61. The molecule has 0 amide bonds. The Balaban J connectivity index is 2.04. The van der Waals surface area contributed by atoms with E-state index in [2.05, 4.69) is 5.32 Å². The van der Waals surface area contributed by atoms with Gasteiger partial charge in [0.1, 0.15) is 17.4 Å². The van der Waals surface area contributed by atoms with Gasteiger partial charge in [-0.2, -0.15) is 0 Å². The molecule has 106 valence electrons. The predicted octanol–water partition coefficient (Wildman–Crippen LogP) is 3.82. The van der Waals surface area contributed by atoms with Crippen LogP contribution in [0.1, 0.15) is 24.1 Å². The molecule has 1 atom stereocenters. The molecule has 2 aromatic rings. The Bertz CT molecular complexity index is 586. The molecule has 20 heavy (non-hydrogen) atoms. The molecule has 0 aromatic heterocycles. The van der Waals surface area contributed by atoms with Crippen LogP contribution in [0.5, 0.6) is 5.75 Å². The Kier molecular flexibility index (Phi) is 4.69. The summed E-state index contributed by atoms with van der Waals surface area (Å²) in [6, 6.07) is 11.1. The first-order valence-electron chi connectivity index (χ1n) is 6.41. The van der Waals surface area contributed by atoms with Crippen LogP contribution in [0.3, 0.4) is 0 Å². The van der Waals surface area contributed by atoms with Crippen molar-refractivity contribution in [2.24, 2.45) is 0 Å². The molecule has 2 nitrogen and oxygen atoms in total. The van der Waals surface area contributed by atoms with Crippen molar-refractivity contribution < 1.29 is 13.5 Å². The van der Waals surface area contributed by atoms with E-state index in [4.69, 9.17) is 4.74 Å². The van der Waals surface area contributed by atoms with Crippen molar-refractivity contribution in [2.75, 3.05) is 7.11 Å². The van der Waals surface area contributed by atoms with E-state index in [0.29, 0.717) is 5.56 Å². The lowest BCUT2D eigenvalue weighted by Gasteiger charge is -2.15. The number of benzene rings is 2. The normalized spacial score (nSPS) is 12.2. The molecule has 0 aliphatic heterocycles. The van der Waals surface area contributed by atoms with E-state index >= 15 is 0 Å². The van der Waals surface area contributed by atoms with Gasteiger partial charge in [-0.15, -0.1) is 0 Å². The number of methoxy groups -OCH3 is 1. The summed E-state index contributed by atoms with van der Waals surface area (Å²) in [5, 5.41) is 3.17. The summed E-state index contributed by atoms with van der Waals surface area (Å²) in [6.07, 6.45) is 0. The summed E-state index contributed by atoms with van der Waals surface area (Å²) in [5.41, 5.74) is 1.35. The Morgan fingerprint density at radius 2 is 1.95 bits per heavy atom. The fourth-order valence-corrected chi connectivity index (χ4v) is 1.97. The standard InChI is InChI=1S/C16H17F2NO/c1-11(12-4-3-5-15(9-12)20-2)19-10-13-8-14(17)6-7-16(13)18/h3-9,11,19H,10H2,1-2H3. The summed E-state index contributed by atoms with van der Waals surface area (Å²) in [4.78, 5) is 0. The van der Waals surface area contributed by atoms with Crippen LogP contribution in [0.25, 0.3) is 0 Å². The maximum absolute atomic E-state index is 13.5. The minimum absolute atomic E-state index is 0.00719. The predicted molar refractivity (Wildman–Crippen MR) is 74.6 cm³/mol. The van der Waals surface area contributed by atoms with Crippen molar-refractivity contribution in [3.8, 4) is 5.75 Å². The fourth-order valence-electron chi connectivity index (χ4n) is 1.97. The van der Waals surface area contributed by atoms with E-state index in [0.717, 1.165) is 23.4 Å².